The second kappa shape index (κ2) is 5.49. The summed E-state index contributed by atoms with van der Waals surface area (Å²) < 4.78 is 19.6. The maximum Gasteiger partial charge on any atom is 0.132 e. The third-order valence-electron chi connectivity index (χ3n) is 4.42. The van der Waals surface area contributed by atoms with Gasteiger partial charge in [0.25, 0.3) is 0 Å². The Labute approximate surface area is 124 Å². The van der Waals surface area contributed by atoms with Crippen LogP contribution in [0.1, 0.15) is 36.0 Å². The Morgan fingerprint density at radius 2 is 1.90 bits per heavy atom. The van der Waals surface area contributed by atoms with Crippen molar-refractivity contribution in [3.05, 3.63) is 65.0 Å². The average Bonchev–Trinajstić information content (AvgIpc) is 2.67. The Balaban J connectivity index is 2.15. The van der Waals surface area contributed by atoms with E-state index in [1.165, 1.54) is 18.7 Å². The zero-order valence-corrected chi connectivity index (χ0v) is 12.2. The first-order valence-corrected chi connectivity index (χ1v) is 7.36. The second-order valence-electron chi connectivity index (χ2n) is 5.68. The van der Waals surface area contributed by atoms with Gasteiger partial charge in [-0.3, -0.25) is 0 Å². The van der Waals surface area contributed by atoms with E-state index in [-0.39, 0.29) is 5.82 Å². The highest BCUT2D eigenvalue weighted by Crippen LogP contribution is 2.39. The molecule has 0 bridgehead atoms. The van der Waals surface area contributed by atoms with Gasteiger partial charge < -0.3 is 10.5 Å². The van der Waals surface area contributed by atoms with Gasteiger partial charge in [0, 0.05) is 11.6 Å². The smallest absolute Gasteiger partial charge is 0.132 e. The molecule has 3 rings (SSSR count). The van der Waals surface area contributed by atoms with Gasteiger partial charge in [0.1, 0.15) is 11.6 Å². The van der Waals surface area contributed by atoms with Crippen LogP contribution in [0.4, 0.5) is 4.39 Å². The molecule has 0 aliphatic heterocycles. The van der Waals surface area contributed by atoms with Crippen LogP contribution in [0.3, 0.4) is 0 Å². The zero-order valence-electron chi connectivity index (χ0n) is 12.2. The Kier molecular flexibility index (Phi) is 3.68. The van der Waals surface area contributed by atoms with E-state index in [2.05, 4.69) is 6.07 Å². The molecule has 0 heterocycles. The standard InChI is InChI=1S/C18H20FNO/c1-21-14-9-10-16(17(19)12-14)18(20)11-5-4-7-13-6-2-3-8-15(13)18/h2-3,6,8-10,12H,4-5,7,11,20H2,1H3. The lowest BCUT2D eigenvalue weighted by molar-refractivity contribution is 0.405. The summed E-state index contributed by atoms with van der Waals surface area (Å²) in [5.74, 6) is 0.218. The van der Waals surface area contributed by atoms with Crippen LogP contribution in [0.2, 0.25) is 0 Å². The summed E-state index contributed by atoms with van der Waals surface area (Å²) in [4.78, 5) is 0. The summed E-state index contributed by atoms with van der Waals surface area (Å²) in [6.45, 7) is 0. The normalized spacial score (nSPS) is 21.5. The van der Waals surface area contributed by atoms with E-state index in [4.69, 9.17) is 10.5 Å². The molecule has 2 N–H and O–H groups in total. The molecule has 21 heavy (non-hydrogen) atoms. The molecule has 110 valence electrons. The van der Waals surface area contributed by atoms with Gasteiger partial charge in [-0.25, -0.2) is 4.39 Å². The number of rotatable bonds is 2. The molecule has 0 saturated carbocycles. The summed E-state index contributed by atoms with van der Waals surface area (Å²) in [7, 11) is 1.54. The van der Waals surface area contributed by atoms with Gasteiger partial charge in [0.15, 0.2) is 0 Å². The highest BCUT2D eigenvalue weighted by molar-refractivity contribution is 5.45. The minimum absolute atomic E-state index is 0.298. The van der Waals surface area contributed by atoms with Gasteiger partial charge in [-0.05, 0) is 36.5 Å². The molecule has 0 amide bonds. The maximum absolute atomic E-state index is 14.5. The fourth-order valence-electron chi connectivity index (χ4n) is 3.29. The van der Waals surface area contributed by atoms with Crippen molar-refractivity contribution in [2.24, 2.45) is 5.73 Å². The predicted molar refractivity (Wildman–Crippen MR) is 81.9 cm³/mol. The SMILES string of the molecule is COc1ccc(C2(N)CCCCc3ccccc32)c(F)c1. The average molecular weight is 285 g/mol. The minimum atomic E-state index is -0.760. The van der Waals surface area contributed by atoms with E-state index in [1.807, 2.05) is 18.2 Å². The summed E-state index contributed by atoms with van der Waals surface area (Å²) in [6.07, 6.45) is 3.85. The number of methoxy groups -OCH3 is 1. The number of hydrogen-bond donors (Lipinski definition) is 1. The van der Waals surface area contributed by atoms with Gasteiger partial charge in [0.05, 0.1) is 12.6 Å². The molecule has 0 aromatic heterocycles. The molecule has 1 atom stereocenters. The van der Waals surface area contributed by atoms with Crippen molar-refractivity contribution in [1.29, 1.82) is 0 Å². The Bertz CT molecular complexity index is 655. The van der Waals surface area contributed by atoms with Gasteiger partial charge in [-0.15, -0.1) is 0 Å². The molecular formula is C18H20FNO. The van der Waals surface area contributed by atoms with Gasteiger partial charge in [0.2, 0.25) is 0 Å². The van der Waals surface area contributed by atoms with Crippen LogP contribution in [0.15, 0.2) is 42.5 Å². The Hall–Kier alpha value is -1.87. The third-order valence-corrected chi connectivity index (χ3v) is 4.42. The zero-order chi connectivity index (χ0) is 14.9. The van der Waals surface area contributed by atoms with Gasteiger partial charge in [-0.2, -0.15) is 0 Å². The number of nitrogens with two attached hydrogens (primary N) is 1. The van der Waals surface area contributed by atoms with Gasteiger partial charge in [-0.1, -0.05) is 36.8 Å². The van der Waals surface area contributed by atoms with E-state index in [0.29, 0.717) is 11.3 Å². The minimum Gasteiger partial charge on any atom is -0.497 e. The first-order chi connectivity index (χ1) is 10.1. The molecule has 1 aliphatic carbocycles. The first-order valence-electron chi connectivity index (χ1n) is 7.36. The quantitative estimate of drug-likeness (QED) is 0.853. The number of ether oxygens (including phenoxy) is 1. The monoisotopic (exact) mass is 285 g/mol. The molecule has 0 saturated heterocycles. The van der Waals surface area contributed by atoms with Crippen LogP contribution in [-0.2, 0) is 12.0 Å². The largest absolute Gasteiger partial charge is 0.497 e. The topological polar surface area (TPSA) is 35.2 Å². The molecule has 0 fully saturated rings. The van der Waals surface area contributed by atoms with E-state index < -0.39 is 5.54 Å². The lowest BCUT2D eigenvalue weighted by Crippen LogP contribution is -2.39. The van der Waals surface area contributed by atoms with Crippen molar-refractivity contribution in [1.82, 2.24) is 0 Å². The van der Waals surface area contributed by atoms with E-state index >= 15 is 0 Å². The molecule has 2 nitrogen and oxygen atoms in total. The fraction of sp³-hybridized carbons (Fsp3) is 0.333. The summed E-state index contributed by atoms with van der Waals surface area (Å²) in [6, 6.07) is 13.1. The van der Waals surface area contributed by atoms with E-state index in [1.54, 1.807) is 12.1 Å². The van der Waals surface area contributed by atoms with Crippen molar-refractivity contribution < 1.29 is 9.13 Å². The molecule has 0 spiro atoms. The van der Waals surface area contributed by atoms with E-state index in [9.17, 15) is 4.39 Å². The summed E-state index contributed by atoms with van der Waals surface area (Å²) in [5, 5.41) is 0. The highest BCUT2D eigenvalue weighted by Gasteiger charge is 2.35. The van der Waals surface area contributed by atoms with Crippen LogP contribution >= 0.6 is 0 Å². The Morgan fingerprint density at radius 3 is 2.67 bits per heavy atom. The number of benzene rings is 2. The number of hydrogen-bond acceptors (Lipinski definition) is 2. The first kappa shape index (κ1) is 14.1. The predicted octanol–water partition coefficient (Wildman–Crippen LogP) is 3.76. The van der Waals surface area contributed by atoms with Crippen LogP contribution in [0.25, 0.3) is 0 Å². The number of aryl methyl sites for hydroxylation is 1. The molecule has 2 aromatic rings. The summed E-state index contributed by atoms with van der Waals surface area (Å²) in [5.41, 5.74) is 8.77. The van der Waals surface area contributed by atoms with Gasteiger partial charge >= 0.3 is 0 Å². The maximum atomic E-state index is 14.5. The lowest BCUT2D eigenvalue weighted by Gasteiger charge is -2.31. The molecule has 0 radical (unpaired) electrons. The number of halogens is 1. The Morgan fingerprint density at radius 1 is 1.10 bits per heavy atom. The van der Waals surface area contributed by atoms with Crippen molar-refractivity contribution in [3.63, 3.8) is 0 Å². The summed E-state index contributed by atoms with van der Waals surface area (Å²) >= 11 is 0. The molecule has 2 aromatic carbocycles. The molecule has 1 unspecified atom stereocenters. The second-order valence-corrected chi connectivity index (χ2v) is 5.68. The third kappa shape index (κ3) is 2.42. The van der Waals surface area contributed by atoms with E-state index in [0.717, 1.165) is 31.2 Å². The van der Waals surface area contributed by atoms with Crippen molar-refractivity contribution >= 4 is 0 Å². The molecular weight excluding hydrogens is 265 g/mol. The van der Waals surface area contributed by atoms with Crippen LogP contribution < -0.4 is 10.5 Å². The van der Waals surface area contributed by atoms with Crippen LogP contribution in [0, 0.1) is 5.82 Å². The molecule has 3 heteroatoms. The molecule has 1 aliphatic rings. The van der Waals surface area contributed by atoms with Crippen molar-refractivity contribution in [2.75, 3.05) is 7.11 Å². The highest BCUT2D eigenvalue weighted by atomic mass is 19.1. The van der Waals surface area contributed by atoms with Crippen LogP contribution in [-0.4, -0.2) is 7.11 Å². The number of fused-ring (bicyclic) bond motifs is 1. The van der Waals surface area contributed by atoms with Crippen molar-refractivity contribution in [2.45, 2.75) is 31.2 Å². The van der Waals surface area contributed by atoms with Crippen molar-refractivity contribution in [3.8, 4) is 5.75 Å². The fourth-order valence-corrected chi connectivity index (χ4v) is 3.29. The van der Waals surface area contributed by atoms with Crippen LogP contribution in [0.5, 0.6) is 5.75 Å². The lowest BCUT2D eigenvalue weighted by atomic mass is 9.79.